The molecular weight excluding hydrogens is 214 g/mol. The number of ether oxygens (including phenoxy) is 1. The molecule has 0 heterocycles. The van der Waals surface area contributed by atoms with Crippen molar-refractivity contribution in [2.45, 2.75) is 19.4 Å². The molecule has 0 N–H and O–H groups in total. The van der Waals surface area contributed by atoms with Gasteiger partial charge in [0.2, 0.25) is 0 Å². The Morgan fingerprint density at radius 1 is 1.67 bits per heavy atom. The normalized spacial score (nSPS) is 11.5. The van der Waals surface area contributed by atoms with E-state index in [9.17, 15) is 4.79 Å². The van der Waals surface area contributed by atoms with E-state index in [4.69, 9.17) is 21.6 Å². The average Bonchev–Trinajstić information content (AvgIpc) is 2.26. The molecule has 0 aliphatic rings. The lowest BCUT2D eigenvalue weighted by Crippen LogP contribution is -2.13. The SMILES string of the molecule is CCC(C#N)Oc1cccc(Cl)c1C=O. The molecule has 4 heteroatoms. The van der Waals surface area contributed by atoms with Crippen molar-refractivity contribution in [3.8, 4) is 11.8 Å². The van der Waals surface area contributed by atoms with Crippen LogP contribution < -0.4 is 4.74 Å². The van der Waals surface area contributed by atoms with Crippen molar-refractivity contribution in [2.75, 3.05) is 0 Å². The molecule has 1 rings (SSSR count). The lowest BCUT2D eigenvalue weighted by Gasteiger charge is -2.12. The first-order chi connectivity index (χ1) is 7.22. The maximum absolute atomic E-state index is 10.8. The number of aldehydes is 1. The van der Waals surface area contributed by atoms with Gasteiger partial charge in [-0.05, 0) is 18.6 Å². The molecule has 0 saturated carbocycles. The number of nitrogens with zero attached hydrogens (tertiary/aromatic N) is 1. The fourth-order valence-corrected chi connectivity index (χ4v) is 1.30. The van der Waals surface area contributed by atoms with E-state index in [1.807, 2.05) is 13.0 Å². The van der Waals surface area contributed by atoms with E-state index in [2.05, 4.69) is 0 Å². The summed E-state index contributed by atoms with van der Waals surface area (Å²) in [4.78, 5) is 10.8. The molecule has 3 nitrogen and oxygen atoms in total. The highest BCUT2D eigenvalue weighted by molar-refractivity contribution is 6.33. The van der Waals surface area contributed by atoms with Crippen molar-refractivity contribution in [3.63, 3.8) is 0 Å². The fourth-order valence-electron chi connectivity index (χ4n) is 1.09. The molecule has 15 heavy (non-hydrogen) atoms. The van der Waals surface area contributed by atoms with Crippen molar-refractivity contribution in [2.24, 2.45) is 0 Å². The van der Waals surface area contributed by atoms with Gasteiger partial charge in [0.1, 0.15) is 11.8 Å². The largest absolute Gasteiger partial charge is 0.475 e. The minimum Gasteiger partial charge on any atom is -0.475 e. The van der Waals surface area contributed by atoms with E-state index in [0.29, 0.717) is 23.5 Å². The Hall–Kier alpha value is -1.53. The van der Waals surface area contributed by atoms with Gasteiger partial charge in [-0.25, -0.2) is 0 Å². The van der Waals surface area contributed by atoms with Crippen molar-refractivity contribution in [3.05, 3.63) is 28.8 Å². The maximum Gasteiger partial charge on any atom is 0.184 e. The number of hydrogen-bond donors (Lipinski definition) is 0. The van der Waals surface area contributed by atoms with Gasteiger partial charge in [-0.3, -0.25) is 4.79 Å². The van der Waals surface area contributed by atoms with Gasteiger partial charge in [0, 0.05) is 0 Å². The van der Waals surface area contributed by atoms with Gasteiger partial charge in [-0.15, -0.1) is 0 Å². The second kappa shape index (κ2) is 5.38. The van der Waals surface area contributed by atoms with Gasteiger partial charge in [0.25, 0.3) is 0 Å². The van der Waals surface area contributed by atoms with Crippen LogP contribution >= 0.6 is 11.6 Å². The maximum atomic E-state index is 10.8. The van der Waals surface area contributed by atoms with E-state index in [-0.39, 0.29) is 5.56 Å². The zero-order valence-corrected chi connectivity index (χ0v) is 8.99. The molecule has 0 spiro atoms. The Morgan fingerprint density at radius 3 is 2.93 bits per heavy atom. The van der Waals surface area contributed by atoms with Crippen LogP contribution in [0.3, 0.4) is 0 Å². The van der Waals surface area contributed by atoms with E-state index in [0.717, 1.165) is 0 Å². The van der Waals surface area contributed by atoms with Crippen LogP contribution in [0.1, 0.15) is 23.7 Å². The summed E-state index contributed by atoms with van der Waals surface area (Å²) in [6, 6.07) is 6.89. The Bertz CT molecular complexity index is 398. The van der Waals surface area contributed by atoms with Crippen LogP contribution in [0.25, 0.3) is 0 Å². The molecular formula is C11H10ClNO2. The number of halogens is 1. The Labute approximate surface area is 93.2 Å². The van der Waals surface area contributed by atoms with Gasteiger partial charge < -0.3 is 4.74 Å². The second-order valence-electron chi connectivity index (χ2n) is 2.91. The summed E-state index contributed by atoms with van der Waals surface area (Å²) in [5, 5.41) is 9.05. The molecule has 0 fully saturated rings. The van der Waals surface area contributed by atoms with E-state index in [1.165, 1.54) is 0 Å². The third-order valence-corrected chi connectivity index (χ3v) is 2.24. The number of nitriles is 1. The quantitative estimate of drug-likeness (QED) is 0.738. The third-order valence-electron chi connectivity index (χ3n) is 1.91. The fraction of sp³-hybridized carbons (Fsp3) is 0.273. The predicted molar refractivity (Wildman–Crippen MR) is 57.2 cm³/mol. The van der Waals surface area contributed by atoms with Crippen LogP contribution in [0.4, 0.5) is 0 Å². The van der Waals surface area contributed by atoms with Crippen molar-refractivity contribution >= 4 is 17.9 Å². The number of benzene rings is 1. The molecule has 1 atom stereocenters. The molecule has 0 radical (unpaired) electrons. The number of carbonyl (C=O) groups excluding carboxylic acids is 1. The molecule has 0 aliphatic carbocycles. The van der Waals surface area contributed by atoms with Gasteiger partial charge >= 0.3 is 0 Å². The average molecular weight is 224 g/mol. The Balaban J connectivity index is 2.99. The highest BCUT2D eigenvalue weighted by Crippen LogP contribution is 2.25. The molecule has 1 unspecified atom stereocenters. The van der Waals surface area contributed by atoms with E-state index >= 15 is 0 Å². The summed E-state index contributed by atoms with van der Waals surface area (Å²) >= 11 is 5.81. The summed E-state index contributed by atoms with van der Waals surface area (Å²) in [6.45, 7) is 1.83. The molecule has 1 aromatic carbocycles. The molecule has 0 saturated heterocycles. The van der Waals surface area contributed by atoms with Gasteiger partial charge in [0.15, 0.2) is 12.4 Å². The van der Waals surface area contributed by atoms with Crippen LogP contribution in [0.2, 0.25) is 5.02 Å². The minimum atomic E-state index is -0.554. The molecule has 0 bridgehead atoms. The molecule has 0 aliphatic heterocycles. The second-order valence-corrected chi connectivity index (χ2v) is 3.32. The first-order valence-corrected chi connectivity index (χ1v) is 4.90. The van der Waals surface area contributed by atoms with Crippen LogP contribution in [-0.4, -0.2) is 12.4 Å². The first kappa shape index (κ1) is 11.5. The van der Waals surface area contributed by atoms with Gasteiger partial charge in [0.05, 0.1) is 10.6 Å². The third kappa shape index (κ3) is 2.71. The highest BCUT2D eigenvalue weighted by Gasteiger charge is 2.11. The summed E-state index contributed by atoms with van der Waals surface area (Å²) in [5.41, 5.74) is 0.285. The lowest BCUT2D eigenvalue weighted by molar-refractivity contribution is 0.111. The summed E-state index contributed by atoms with van der Waals surface area (Å²) in [7, 11) is 0. The molecule has 78 valence electrons. The Morgan fingerprint density at radius 2 is 2.40 bits per heavy atom. The Kier molecular flexibility index (Phi) is 4.14. The molecule has 0 amide bonds. The predicted octanol–water partition coefficient (Wildman–Crippen LogP) is 2.83. The highest BCUT2D eigenvalue weighted by atomic mass is 35.5. The minimum absolute atomic E-state index is 0.285. The van der Waals surface area contributed by atoms with Gasteiger partial charge in [-0.1, -0.05) is 24.6 Å². The van der Waals surface area contributed by atoms with Crippen molar-refractivity contribution < 1.29 is 9.53 Å². The zero-order valence-electron chi connectivity index (χ0n) is 8.24. The zero-order chi connectivity index (χ0) is 11.3. The van der Waals surface area contributed by atoms with E-state index < -0.39 is 6.10 Å². The van der Waals surface area contributed by atoms with Crippen LogP contribution in [0, 0.1) is 11.3 Å². The van der Waals surface area contributed by atoms with Crippen LogP contribution in [0.15, 0.2) is 18.2 Å². The van der Waals surface area contributed by atoms with Crippen LogP contribution in [0.5, 0.6) is 5.75 Å². The van der Waals surface area contributed by atoms with Crippen LogP contribution in [-0.2, 0) is 0 Å². The standard InChI is InChI=1S/C11H10ClNO2/c1-2-8(6-13)15-11-5-3-4-10(12)9(11)7-14/h3-5,7-8H,2H2,1H3. The number of rotatable bonds is 4. The summed E-state index contributed by atoms with van der Waals surface area (Å²) < 4.78 is 5.34. The summed E-state index contributed by atoms with van der Waals surface area (Å²) in [5.74, 6) is 0.353. The smallest absolute Gasteiger partial charge is 0.184 e. The van der Waals surface area contributed by atoms with Crippen molar-refractivity contribution in [1.29, 1.82) is 5.26 Å². The monoisotopic (exact) mass is 223 g/mol. The first-order valence-electron chi connectivity index (χ1n) is 4.52. The molecule has 1 aromatic rings. The number of carbonyl (C=O) groups is 1. The summed E-state index contributed by atoms with van der Waals surface area (Å²) in [6.07, 6.45) is 0.630. The van der Waals surface area contributed by atoms with Gasteiger partial charge in [-0.2, -0.15) is 5.26 Å². The number of hydrogen-bond acceptors (Lipinski definition) is 3. The van der Waals surface area contributed by atoms with Crippen molar-refractivity contribution in [1.82, 2.24) is 0 Å². The molecule has 0 aromatic heterocycles. The lowest BCUT2D eigenvalue weighted by atomic mass is 10.2. The van der Waals surface area contributed by atoms with E-state index in [1.54, 1.807) is 18.2 Å². The topological polar surface area (TPSA) is 50.1 Å².